The molecule has 1 fully saturated rings. The van der Waals surface area contributed by atoms with Crippen LogP contribution in [0.3, 0.4) is 0 Å². The van der Waals surface area contributed by atoms with Crippen molar-refractivity contribution < 1.29 is 4.79 Å². The third-order valence-corrected chi connectivity index (χ3v) is 4.91. The Labute approximate surface area is 153 Å². The maximum absolute atomic E-state index is 12.7. The van der Waals surface area contributed by atoms with E-state index in [1.54, 1.807) is 6.20 Å². The highest BCUT2D eigenvalue weighted by Crippen LogP contribution is 2.22. The summed E-state index contributed by atoms with van der Waals surface area (Å²) in [4.78, 5) is 14.7. The number of hydrogen-bond donors (Lipinski definition) is 0. The number of piperidine rings is 1. The predicted octanol–water partition coefficient (Wildman–Crippen LogP) is 2.78. The molecule has 6 nitrogen and oxygen atoms in total. The Hall–Kier alpha value is -2.89. The van der Waals surface area contributed by atoms with Gasteiger partial charge in [-0.1, -0.05) is 12.1 Å². The average molecular weight is 349 g/mol. The Kier molecular flexibility index (Phi) is 4.56. The van der Waals surface area contributed by atoms with Gasteiger partial charge in [0.2, 0.25) is 5.91 Å². The van der Waals surface area contributed by atoms with Crippen molar-refractivity contribution in [1.29, 1.82) is 0 Å². The van der Waals surface area contributed by atoms with Crippen molar-refractivity contribution in [2.75, 3.05) is 13.1 Å². The van der Waals surface area contributed by atoms with E-state index in [0.717, 1.165) is 42.7 Å². The first-order valence-electron chi connectivity index (χ1n) is 9.06. The summed E-state index contributed by atoms with van der Waals surface area (Å²) in [5, 5.41) is 8.64. The van der Waals surface area contributed by atoms with Gasteiger partial charge in [0.25, 0.3) is 0 Å². The first kappa shape index (κ1) is 16.6. The van der Waals surface area contributed by atoms with Gasteiger partial charge in [0.05, 0.1) is 24.3 Å². The molecule has 6 heteroatoms. The molecule has 0 radical (unpaired) electrons. The summed E-state index contributed by atoms with van der Waals surface area (Å²) in [5.74, 6) is 0.186. The lowest BCUT2D eigenvalue weighted by molar-refractivity contribution is -0.132. The van der Waals surface area contributed by atoms with Crippen molar-refractivity contribution in [1.82, 2.24) is 24.5 Å². The maximum Gasteiger partial charge on any atom is 0.227 e. The molecule has 0 saturated carbocycles. The standard InChI is InChI=1S/C20H23N5O/c1-16-13-22-25(14-16)19-4-2-10-23(15-19)20(26)12-17-5-7-18(8-6-17)24-11-3-9-21-24/h3,5-9,11,13-14,19H,2,4,10,12,15H2,1H3/t19-/m1/s1. The summed E-state index contributed by atoms with van der Waals surface area (Å²) >= 11 is 0. The van der Waals surface area contributed by atoms with Gasteiger partial charge in [0.15, 0.2) is 0 Å². The number of likely N-dealkylation sites (tertiary alicyclic amines) is 1. The molecule has 3 aromatic rings. The van der Waals surface area contributed by atoms with Crippen molar-refractivity contribution in [2.24, 2.45) is 0 Å². The minimum atomic E-state index is 0.186. The molecule has 1 aliphatic heterocycles. The fraction of sp³-hybridized carbons (Fsp3) is 0.350. The number of hydrogen-bond acceptors (Lipinski definition) is 3. The van der Waals surface area contributed by atoms with Gasteiger partial charge in [-0.3, -0.25) is 9.48 Å². The predicted molar refractivity (Wildman–Crippen MR) is 99.1 cm³/mol. The maximum atomic E-state index is 12.7. The van der Waals surface area contributed by atoms with Crippen LogP contribution in [0.4, 0.5) is 0 Å². The van der Waals surface area contributed by atoms with Crippen molar-refractivity contribution in [3.8, 4) is 5.69 Å². The first-order valence-corrected chi connectivity index (χ1v) is 9.06. The van der Waals surface area contributed by atoms with Crippen LogP contribution in [-0.2, 0) is 11.2 Å². The van der Waals surface area contributed by atoms with Crippen molar-refractivity contribution in [3.63, 3.8) is 0 Å². The molecule has 1 aliphatic rings. The van der Waals surface area contributed by atoms with Crippen LogP contribution >= 0.6 is 0 Å². The van der Waals surface area contributed by atoms with E-state index in [1.807, 2.05) is 63.9 Å². The Morgan fingerprint density at radius 1 is 1.23 bits per heavy atom. The highest BCUT2D eigenvalue weighted by molar-refractivity contribution is 5.79. The Balaban J connectivity index is 1.39. The molecule has 4 rings (SSSR count). The molecule has 0 unspecified atom stereocenters. The van der Waals surface area contributed by atoms with E-state index < -0.39 is 0 Å². The highest BCUT2D eigenvalue weighted by Gasteiger charge is 2.25. The van der Waals surface area contributed by atoms with Gasteiger partial charge in [0, 0.05) is 31.7 Å². The van der Waals surface area contributed by atoms with Crippen LogP contribution in [0.2, 0.25) is 0 Å². The molecule has 3 heterocycles. The summed E-state index contributed by atoms with van der Waals surface area (Å²) in [7, 11) is 0. The molecule has 2 aromatic heterocycles. The lowest BCUT2D eigenvalue weighted by atomic mass is 10.0. The number of rotatable bonds is 4. The molecule has 0 aliphatic carbocycles. The van der Waals surface area contributed by atoms with Crippen LogP contribution in [0.5, 0.6) is 0 Å². The lowest BCUT2D eigenvalue weighted by Gasteiger charge is -2.33. The van der Waals surface area contributed by atoms with E-state index in [-0.39, 0.29) is 11.9 Å². The second-order valence-electron chi connectivity index (χ2n) is 6.93. The van der Waals surface area contributed by atoms with Gasteiger partial charge in [-0.2, -0.15) is 10.2 Å². The molecule has 0 spiro atoms. The Morgan fingerprint density at radius 2 is 2.08 bits per heavy atom. The van der Waals surface area contributed by atoms with Gasteiger partial charge in [0.1, 0.15) is 0 Å². The van der Waals surface area contributed by atoms with E-state index in [1.165, 1.54) is 0 Å². The molecule has 1 aromatic carbocycles. The summed E-state index contributed by atoms with van der Waals surface area (Å²) in [5.41, 5.74) is 3.19. The number of carbonyl (C=O) groups is 1. The van der Waals surface area contributed by atoms with Crippen molar-refractivity contribution >= 4 is 5.91 Å². The SMILES string of the molecule is Cc1cnn([C@@H]2CCCN(C(=O)Cc3ccc(-n4cccn4)cc3)C2)c1. The van der Waals surface area contributed by atoms with E-state index in [9.17, 15) is 4.79 Å². The van der Waals surface area contributed by atoms with Crippen molar-refractivity contribution in [2.45, 2.75) is 32.2 Å². The molecular formula is C20H23N5O. The smallest absolute Gasteiger partial charge is 0.227 e. The summed E-state index contributed by atoms with van der Waals surface area (Å²) in [6.07, 6.45) is 10.1. The largest absolute Gasteiger partial charge is 0.340 e. The molecular weight excluding hydrogens is 326 g/mol. The first-order chi connectivity index (χ1) is 12.7. The minimum absolute atomic E-state index is 0.186. The molecule has 1 atom stereocenters. The van der Waals surface area contributed by atoms with Gasteiger partial charge in [-0.25, -0.2) is 4.68 Å². The van der Waals surface area contributed by atoms with E-state index in [4.69, 9.17) is 0 Å². The average Bonchev–Trinajstić information content (AvgIpc) is 3.34. The second kappa shape index (κ2) is 7.15. The topological polar surface area (TPSA) is 56.0 Å². The third kappa shape index (κ3) is 3.54. The molecule has 26 heavy (non-hydrogen) atoms. The fourth-order valence-electron chi connectivity index (χ4n) is 3.50. The zero-order chi connectivity index (χ0) is 17.9. The molecule has 0 N–H and O–H groups in total. The molecule has 134 valence electrons. The number of aromatic nitrogens is 4. The van der Waals surface area contributed by atoms with E-state index in [0.29, 0.717) is 6.42 Å². The van der Waals surface area contributed by atoms with Gasteiger partial charge in [-0.15, -0.1) is 0 Å². The van der Waals surface area contributed by atoms with E-state index >= 15 is 0 Å². The fourth-order valence-corrected chi connectivity index (χ4v) is 3.50. The zero-order valence-electron chi connectivity index (χ0n) is 15.0. The monoisotopic (exact) mass is 349 g/mol. The van der Waals surface area contributed by atoms with E-state index in [2.05, 4.69) is 16.4 Å². The molecule has 1 saturated heterocycles. The number of benzene rings is 1. The number of aryl methyl sites for hydroxylation is 1. The lowest BCUT2D eigenvalue weighted by Crippen LogP contribution is -2.41. The normalized spacial score (nSPS) is 17.4. The Bertz CT molecular complexity index is 866. The van der Waals surface area contributed by atoms with Gasteiger partial charge >= 0.3 is 0 Å². The number of nitrogens with zero attached hydrogens (tertiary/aromatic N) is 5. The van der Waals surface area contributed by atoms with Gasteiger partial charge < -0.3 is 4.90 Å². The van der Waals surface area contributed by atoms with Crippen LogP contribution in [0.25, 0.3) is 5.69 Å². The Morgan fingerprint density at radius 3 is 2.77 bits per heavy atom. The minimum Gasteiger partial charge on any atom is -0.340 e. The summed E-state index contributed by atoms with van der Waals surface area (Å²) < 4.78 is 3.82. The number of amides is 1. The summed E-state index contributed by atoms with van der Waals surface area (Å²) in [6, 6.07) is 10.2. The second-order valence-corrected chi connectivity index (χ2v) is 6.93. The number of carbonyl (C=O) groups excluding carboxylic acids is 1. The van der Waals surface area contributed by atoms with Crippen molar-refractivity contribution in [3.05, 3.63) is 66.2 Å². The van der Waals surface area contributed by atoms with Crippen LogP contribution < -0.4 is 0 Å². The zero-order valence-corrected chi connectivity index (χ0v) is 15.0. The quantitative estimate of drug-likeness (QED) is 0.728. The van der Waals surface area contributed by atoms with Crippen LogP contribution in [-0.4, -0.2) is 43.5 Å². The highest BCUT2D eigenvalue weighted by atomic mass is 16.2. The van der Waals surface area contributed by atoms with Crippen LogP contribution in [0.15, 0.2) is 55.1 Å². The summed E-state index contributed by atoms with van der Waals surface area (Å²) in [6.45, 7) is 3.62. The van der Waals surface area contributed by atoms with Crippen LogP contribution in [0.1, 0.15) is 30.0 Å². The molecule has 1 amide bonds. The van der Waals surface area contributed by atoms with Gasteiger partial charge in [-0.05, 0) is 49.1 Å². The third-order valence-electron chi connectivity index (χ3n) is 4.91. The molecule has 0 bridgehead atoms. The van der Waals surface area contributed by atoms with Crippen LogP contribution in [0, 0.1) is 6.92 Å².